The first-order valence-corrected chi connectivity index (χ1v) is 6.14. The van der Waals surface area contributed by atoms with Crippen LogP contribution in [0.5, 0.6) is 5.75 Å². The van der Waals surface area contributed by atoms with Crippen LogP contribution in [0, 0.1) is 0 Å². The van der Waals surface area contributed by atoms with Crippen LogP contribution in [0.4, 0.5) is 0 Å². The molecular formula is C14H19NO4. The minimum absolute atomic E-state index is 0.0796. The zero-order chi connectivity index (χ0) is 14.4. The van der Waals surface area contributed by atoms with Crippen LogP contribution in [0.1, 0.15) is 38.8 Å². The standard InChI is InChI=1S/C14H19NO4/c1-9(2)19-12-6-4-11(5-7-12)13(8-14(17)18)15-10(3)16/h4-7,9,13H,8H2,1-3H3,(H,15,16)(H,17,18)/t13-/m1/s1. The molecule has 0 saturated carbocycles. The largest absolute Gasteiger partial charge is 0.491 e. The van der Waals surface area contributed by atoms with E-state index in [9.17, 15) is 9.59 Å². The first kappa shape index (κ1) is 15.0. The Hall–Kier alpha value is -2.04. The van der Waals surface area contributed by atoms with Crippen LogP contribution in [0.2, 0.25) is 0 Å². The first-order valence-electron chi connectivity index (χ1n) is 6.14. The molecule has 19 heavy (non-hydrogen) atoms. The fourth-order valence-corrected chi connectivity index (χ4v) is 1.72. The smallest absolute Gasteiger partial charge is 0.305 e. The maximum absolute atomic E-state index is 11.1. The van der Waals surface area contributed by atoms with Crippen molar-refractivity contribution in [2.45, 2.75) is 39.3 Å². The summed E-state index contributed by atoms with van der Waals surface area (Å²) < 4.78 is 5.51. The van der Waals surface area contributed by atoms with E-state index in [0.717, 1.165) is 11.3 Å². The quantitative estimate of drug-likeness (QED) is 0.826. The average molecular weight is 265 g/mol. The van der Waals surface area contributed by atoms with Crippen molar-refractivity contribution in [1.82, 2.24) is 5.32 Å². The van der Waals surface area contributed by atoms with E-state index in [2.05, 4.69) is 5.32 Å². The van der Waals surface area contributed by atoms with Gasteiger partial charge in [0.15, 0.2) is 0 Å². The lowest BCUT2D eigenvalue weighted by Gasteiger charge is -2.17. The number of hydrogen-bond acceptors (Lipinski definition) is 3. The van der Waals surface area contributed by atoms with Crippen molar-refractivity contribution in [2.75, 3.05) is 0 Å². The van der Waals surface area contributed by atoms with Gasteiger partial charge < -0.3 is 15.2 Å². The van der Waals surface area contributed by atoms with Crippen LogP contribution in [0.3, 0.4) is 0 Å². The second-order valence-corrected chi connectivity index (χ2v) is 4.59. The van der Waals surface area contributed by atoms with Gasteiger partial charge in [-0.3, -0.25) is 9.59 Å². The molecule has 1 atom stereocenters. The molecule has 0 radical (unpaired) electrons. The summed E-state index contributed by atoms with van der Waals surface area (Å²) in [6.07, 6.45) is -0.0692. The average Bonchev–Trinajstić information content (AvgIpc) is 2.27. The maximum atomic E-state index is 11.1. The number of benzene rings is 1. The molecule has 1 aromatic rings. The molecule has 0 bridgehead atoms. The van der Waals surface area contributed by atoms with Crippen molar-refractivity contribution in [3.8, 4) is 5.75 Å². The molecule has 0 aromatic heterocycles. The second kappa shape index (κ2) is 6.78. The molecule has 1 amide bonds. The van der Waals surface area contributed by atoms with E-state index in [1.54, 1.807) is 24.3 Å². The van der Waals surface area contributed by atoms with Crippen molar-refractivity contribution in [2.24, 2.45) is 0 Å². The van der Waals surface area contributed by atoms with Gasteiger partial charge in [0.05, 0.1) is 18.6 Å². The van der Waals surface area contributed by atoms with Gasteiger partial charge in [-0.05, 0) is 31.5 Å². The predicted octanol–water partition coefficient (Wildman–Crippen LogP) is 2.13. The highest BCUT2D eigenvalue weighted by Gasteiger charge is 2.16. The van der Waals surface area contributed by atoms with E-state index >= 15 is 0 Å². The molecule has 5 heteroatoms. The third-order valence-corrected chi connectivity index (χ3v) is 2.41. The molecule has 1 rings (SSSR count). The van der Waals surface area contributed by atoms with Crippen molar-refractivity contribution >= 4 is 11.9 Å². The van der Waals surface area contributed by atoms with Gasteiger partial charge in [-0.2, -0.15) is 0 Å². The molecule has 0 aliphatic rings. The Morgan fingerprint density at radius 2 is 1.84 bits per heavy atom. The third-order valence-electron chi connectivity index (χ3n) is 2.41. The zero-order valence-corrected chi connectivity index (χ0v) is 11.3. The van der Waals surface area contributed by atoms with E-state index in [1.807, 2.05) is 13.8 Å². The van der Waals surface area contributed by atoms with Crippen molar-refractivity contribution in [3.63, 3.8) is 0 Å². The molecule has 5 nitrogen and oxygen atoms in total. The third kappa shape index (κ3) is 5.42. The van der Waals surface area contributed by atoms with E-state index in [4.69, 9.17) is 9.84 Å². The molecule has 0 aliphatic heterocycles. The summed E-state index contributed by atoms with van der Waals surface area (Å²) >= 11 is 0. The Morgan fingerprint density at radius 3 is 2.26 bits per heavy atom. The van der Waals surface area contributed by atoms with Crippen molar-refractivity contribution in [1.29, 1.82) is 0 Å². The molecule has 0 unspecified atom stereocenters. The number of carbonyl (C=O) groups is 2. The molecule has 0 saturated heterocycles. The van der Waals surface area contributed by atoms with Gasteiger partial charge in [0.2, 0.25) is 5.91 Å². The SMILES string of the molecule is CC(=O)N[C@H](CC(=O)O)c1ccc(OC(C)C)cc1. The lowest BCUT2D eigenvalue weighted by molar-refractivity contribution is -0.137. The zero-order valence-electron chi connectivity index (χ0n) is 11.3. The first-order chi connectivity index (χ1) is 8.88. The van der Waals surface area contributed by atoms with Crippen molar-refractivity contribution in [3.05, 3.63) is 29.8 Å². The number of carboxylic acids is 1. The molecule has 2 N–H and O–H groups in total. The Morgan fingerprint density at radius 1 is 1.26 bits per heavy atom. The summed E-state index contributed by atoms with van der Waals surface area (Å²) in [5.41, 5.74) is 0.744. The lowest BCUT2D eigenvalue weighted by atomic mass is 10.0. The van der Waals surface area contributed by atoms with E-state index < -0.39 is 12.0 Å². The number of ether oxygens (including phenoxy) is 1. The second-order valence-electron chi connectivity index (χ2n) is 4.59. The lowest BCUT2D eigenvalue weighted by Crippen LogP contribution is -2.27. The summed E-state index contributed by atoms with van der Waals surface area (Å²) in [6, 6.07) is 6.55. The van der Waals surface area contributed by atoms with Crippen LogP contribution >= 0.6 is 0 Å². The van der Waals surface area contributed by atoms with E-state index in [0.29, 0.717) is 0 Å². The number of carboxylic acid groups (broad SMARTS) is 1. The molecule has 104 valence electrons. The number of amides is 1. The fourth-order valence-electron chi connectivity index (χ4n) is 1.72. The molecule has 0 fully saturated rings. The van der Waals surface area contributed by atoms with E-state index in [-0.39, 0.29) is 18.4 Å². The topological polar surface area (TPSA) is 75.6 Å². The maximum Gasteiger partial charge on any atom is 0.305 e. The van der Waals surface area contributed by atoms with Gasteiger partial charge >= 0.3 is 5.97 Å². The monoisotopic (exact) mass is 265 g/mol. The van der Waals surface area contributed by atoms with Crippen LogP contribution < -0.4 is 10.1 Å². The van der Waals surface area contributed by atoms with Gasteiger partial charge in [0.25, 0.3) is 0 Å². The predicted molar refractivity (Wildman–Crippen MR) is 71.0 cm³/mol. The highest BCUT2D eigenvalue weighted by Crippen LogP contribution is 2.21. The van der Waals surface area contributed by atoms with Crippen LogP contribution in [0.25, 0.3) is 0 Å². The minimum Gasteiger partial charge on any atom is -0.491 e. The fraction of sp³-hybridized carbons (Fsp3) is 0.429. The van der Waals surface area contributed by atoms with Gasteiger partial charge in [-0.1, -0.05) is 12.1 Å². The number of nitrogens with one attached hydrogen (secondary N) is 1. The summed E-state index contributed by atoms with van der Waals surface area (Å²) in [7, 11) is 0. The Bertz CT molecular complexity index is 423. The van der Waals surface area contributed by atoms with Crippen molar-refractivity contribution < 1.29 is 19.4 Å². The van der Waals surface area contributed by atoms with Gasteiger partial charge in [-0.25, -0.2) is 0 Å². The van der Waals surface area contributed by atoms with Gasteiger partial charge in [0.1, 0.15) is 5.75 Å². The molecule has 0 spiro atoms. The van der Waals surface area contributed by atoms with Crippen LogP contribution in [-0.4, -0.2) is 23.1 Å². The molecule has 0 aliphatic carbocycles. The van der Waals surface area contributed by atoms with Crippen LogP contribution in [0.15, 0.2) is 24.3 Å². The molecule has 0 heterocycles. The molecular weight excluding hydrogens is 246 g/mol. The summed E-state index contributed by atoms with van der Waals surface area (Å²) in [4.78, 5) is 21.9. The highest BCUT2D eigenvalue weighted by atomic mass is 16.5. The number of carbonyl (C=O) groups excluding carboxylic acids is 1. The number of rotatable bonds is 6. The Kier molecular flexibility index (Phi) is 5.36. The summed E-state index contributed by atoms with van der Waals surface area (Å²) in [5.74, 6) is -0.495. The van der Waals surface area contributed by atoms with E-state index in [1.165, 1.54) is 6.92 Å². The Labute approximate surface area is 112 Å². The summed E-state index contributed by atoms with van der Waals surface area (Å²) in [5, 5.41) is 11.5. The number of aliphatic carboxylic acids is 1. The van der Waals surface area contributed by atoms with Crippen LogP contribution in [-0.2, 0) is 9.59 Å². The van der Waals surface area contributed by atoms with Gasteiger partial charge in [0, 0.05) is 6.92 Å². The van der Waals surface area contributed by atoms with Gasteiger partial charge in [-0.15, -0.1) is 0 Å². The normalized spacial score (nSPS) is 12.0. The molecule has 1 aromatic carbocycles. The highest BCUT2D eigenvalue weighted by molar-refractivity contribution is 5.75. The number of hydrogen-bond donors (Lipinski definition) is 2. The minimum atomic E-state index is -0.957. The Balaban J connectivity index is 2.83. The summed E-state index contributed by atoms with van der Waals surface area (Å²) in [6.45, 7) is 5.22.